The number of halogens is 1. The number of benzene rings is 2. The van der Waals surface area contributed by atoms with Gasteiger partial charge in [-0.2, -0.15) is 0 Å². The second-order valence-electron chi connectivity index (χ2n) is 6.89. The lowest BCUT2D eigenvalue weighted by atomic mass is 10.1. The van der Waals surface area contributed by atoms with Gasteiger partial charge in [0.25, 0.3) is 5.91 Å². The SMILES string of the molecule is Cn1cc(C(=O)N2CCNC[C@H]2C(=O)Nc2ccc(F)cc2)c2ccccc21. The first-order valence-electron chi connectivity index (χ1n) is 9.17. The van der Waals surface area contributed by atoms with Crippen molar-refractivity contribution in [3.05, 3.63) is 66.1 Å². The van der Waals surface area contributed by atoms with Gasteiger partial charge in [-0.25, -0.2) is 4.39 Å². The van der Waals surface area contributed by atoms with Crippen molar-refractivity contribution in [1.29, 1.82) is 0 Å². The van der Waals surface area contributed by atoms with Crippen LogP contribution in [0.4, 0.5) is 10.1 Å². The fraction of sp³-hybridized carbons (Fsp3) is 0.238. The zero-order valence-corrected chi connectivity index (χ0v) is 15.5. The molecule has 2 heterocycles. The topological polar surface area (TPSA) is 66.4 Å². The van der Waals surface area contributed by atoms with Gasteiger partial charge < -0.3 is 20.1 Å². The minimum atomic E-state index is -0.648. The van der Waals surface area contributed by atoms with Crippen LogP contribution in [0, 0.1) is 5.82 Å². The summed E-state index contributed by atoms with van der Waals surface area (Å²) in [6.07, 6.45) is 1.81. The summed E-state index contributed by atoms with van der Waals surface area (Å²) in [5.74, 6) is -0.838. The van der Waals surface area contributed by atoms with E-state index >= 15 is 0 Å². The number of amides is 2. The molecule has 4 rings (SSSR count). The van der Waals surface area contributed by atoms with E-state index in [1.807, 2.05) is 42.1 Å². The van der Waals surface area contributed by atoms with Crippen molar-refractivity contribution in [3.8, 4) is 0 Å². The van der Waals surface area contributed by atoms with Crippen LogP contribution < -0.4 is 10.6 Å². The number of hydrogen-bond acceptors (Lipinski definition) is 3. The highest BCUT2D eigenvalue weighted by Crippen LogP contribution is 2.23. The van der Waals surface area contributed by atoms with E-state index in [1.54, 1.807) is 4.90 Å². The number of anilines is 1. The molecule has 1 saturated heterocycles. The molecule has 1 atom stereocenters. The highest BCUT2D eigenvalue weighted by molar-refractivity contribution is 6.09. The zero-order chi connectivity index (χ0) is 19.7. The van der Waals surface area contributed by atoms with Crippen molar-refractivity contribution in [2.45, 2.75) is 6.04 Å². The predicted molar refractivity (Wildman–Crippen MR) is 106 cm³/mol. The van der Waals surface area contributed by atoms with Crippen LogP contribution in [-0.4, -0.2) is 47.0 Å². The maximum absolute atomic E-state index is 13.3. The van der Waals surface area contributed by atoms with Gasteiger partial charge in [-0.05, 0) is 30.3 Å². The van der Waals surface area contributed by atoms with E-state index in [2.05, 4.69) is 10.6 Å². The van der Waals surface area contributed by atoms with Crippen LogP contribution in [0.2, 0.25) is 0 Å². The Morgan fingerprint density at radius 3 is 2.68 bits per heavy atom. The van der Waals surface area contributed by atoms with E-state index < -0.39 is 6.04 Å². The molecule has 0 aliphatic carbocycles. The van der Waals surface area contributed by atoms with Crippen LogP contribution in [0.1, 0.15) is 10.4 Å². The summed E-state index contributed by atoms with van der Waals surface area (Å²) in [4.78, 5) is 27.7. The minimum absolute atomic E-state index is 0.169. The van der Waals surface area contributed by atoms with Crippen molar-refractivity contribution in [2.24, 2.45) is 7.05 Å². The number of nitrogens with one attached hydrogen (secondary N) is 2. The first-order chi connectivity index (χ1) is 13.5. The molecule has 28 heavy (non-hydrogen) atoms. The summed E-state index contributed by atoms with van der Waals surface area (Å²) < 4.78 is 15.0. The van der Waals surface area contributed by atoms with Gasteiger partial charge in [-0.3, -0.25) is 9.59 Å². The van der Waals surface area contributed by atoms with E-state index in [0.717, 1.165) is 10.9 Å². The molecule has 1 fully saturated rings. The maximum Gasteiger partial charge on any atom is 0.256 e. The van der Waals surface area contributed by atoms with Gasteiger partial charge in [-0.15, -0.1) is 0 Å². The second-order valence-corrected chi connectivity index (χ2v) is 6.89. The standard InChI is InChI=1S/C21H21FN4O2/c1-25-13-17(16-4-2-3-5-18(16)25)21(28)26-11-10-23-12-19(26)20(27)24-15-8-6-14(22)7-9-15/h2-9,13,19,23H,10-12H2,1H3,(H,24,27)/t19-/m0/s1. The van der Waals surface area contributed by atoms with Crippen LogP contribution in [-0.2, 0) is 11.8 Å². The van der Waals surface area contributed by atoms with Crippen molar-refractivity contribution < 1.29 is 14.0 Å². The van der Waals surface area contributed by atoms with E-state index in [-0.39, 0.29) is 17.6 Å². The van der Waals surface area contributed by atoms with Gasteiger partial charge in [0.2, 0.25) is 5.91 Å². The molecular weight excluding hydrogens is 359 g/mol. The molecule has 1 aromatic heterocycles. The Hall–Kier alpha value is -3.19. The minimum Gasteiger partial charge on any atom is -0.350 e. The van der Waals surface area contributed by atoms with Crippen molar-refractivity contribution in [1.82, 2.24) is 14.8 Å². The highest BCUT2D eigenvalue weighted by Gasteiger charge is 2.33. The van der Waals surface area contributed by atoms with Crippen molar-refractivity contribution in [3.63, 3.8) is 0 Å². The number of carbonyl (C=O) groups excluding carboxylic acids is 2. The normalized spacial score (nSPS) is 16.9. The molecule has 7 heteroatoms. The van der Waals surface area contributed by atoms with Gasteiger partial charge in [0.1, 0.15) is 11.9 Å². The van der Waals surface area contributed by atoms with Gasteiger partial charge in [0.05, 0.1) is 5.56 Å². The number of aromatic nitrogens is 1. The monoisotopic (exact) mass is 380 g/mol. The number of aryl methyl sites for hydroxylation is 1. The molecule has 0 bridgehead atoms. The smallest absolute Gasteiger partial charge is 0.256 e. The number of fused-ring (bicyclic) bond motifs is 1. The van der Waals surface area contributed by atoms with E-state index in [0.29, 0.717) is 30.9 Å². The quantitative estimate of drug-likeness (QED) is 0.733. The molecular formula is C21H21FN4O2. The molecule has 2 N–H and O–H groups in total. The molecule has 0 spiro atoms. The average Bonchev–Trinajstić information content (AvgIpc) is 3.06. The lowest BCUT2D eigenvalue weighted by Gasteiger charge is -2.35. The van der Waals surface area contributed by atoms with Gasteiger partial charge in [0.15, 0.2) is 0 Å². The molecule has 0 radical (unpaired) electrons. The zero-order valence-electron chi connectivity index (χ0n) is 15.5. The highest BCUT2D eigenvalue weighted by atomic mass is 19.1. The molecule has 1 aliphatic rings. The third-order valence-electron chi connectivity index (χ3n) is 5.05. The predicted octanol–water partition coefficient (Wildman–Crippen LogP) is 2.37. The molecule has 0 unspecified atom stereocenters. The van der Waals surface area contributed by atoms with Crippen LogP contribution >= 0.6 is 0 Å². The third-order valence-corrected chi connectivity index (χ3v) is 5.05. The first-order valence-corrected chi connectivity index (χ1v) is 9.17. The number of para-hydroxylation sites is 1. The molecule has 0 saturated carbocycles. The Balaban J connectivity index is 1.60. The number of hydrogen-bond donors (Lipinski definition) is 2. The van der Waals surface area contributed by atoms with E-state index in [4.69, 9.17) is 0 Å². The lowest BCUT2D eigenvalue weighted by molar-refractivity contribution is -0.121. The summed E-state index contributed by atoms with van der Waals surface area (Å²) in [5.41, 5.74) is 2.04. The summed E-state index contributed by atoms with van der Waals surface area (Å²) in [6.45, 7) is 1.42. The molecule has 2 amide bonds. The van der Waals surface area contributed by atoms with Crippen LogP contribution in [0.15, 0.2) is 54.7 Å². The molecule has 6 nitrogen and oxygen atoms in total. The Bertz CT molecular complexity index is 1030. The Morgan fingerprint density at radius 1 is 1.14 bits per heavy atom. The maximum atomic E-state index is 13.3. The number of nitrogens with zero attached hydrogens (tertiary/aromatic N) is 2. The van der Waals surface area contributed by atoms with E-state index in [9.17, 15) is 14.0 Å². The Morgan fingerprint density at radius 2 is 1.89 bits per heavy atom. The summed E-state index contributed by atoms with van der Waals surface area (Å²) in [6, 6.07) is 12.6. The largest absolute Gasteiger partial charge is 0.350 e. The van der Waals surface area contributed by atoms with Crippen LogP contribution in [0.5, 0.6) is 0 Å². The summed E-state index contributed by atoms with van der Waals surface area (Å²) in [7, 11) is 1.90. The number of carbonyl (C=O) groups is 2. The molecule has 3 aromatic rings. The van der Waals surface area contributed by atoms with Crippen LogP contribution in [0.3, 0.4) is 0 Å². The fourth-order valence-electron chi connectivity index (χ4n) is 3.61. The molecule has 144 valence electrons. The van der Waals surface area contributed by atoms with E-state index in [1.165, 1.54) is 24.3 Å². The number of piperazine rings is 1. The second kappa shape index (κ2) is 7.44. The lowest BCUT2D eigenvalue weighted by Crippen LogP contribution is -2.58. The third kappa shape index (κ3) is 3.36. The van der Waals surface area contributed by atoms with Gasteiger partial charge in [0, 0.05) is 49.5 Å². The summed E-state index contributed by atoms with van der Waals surface area (Å²) in [5, 5.41) is 6.81. The molecule has 1 aliphatic heterocycles. The summed E-state index contributed by atoms with van der Waals surface area (Å²) >= 11 is 0. The molecule has 2 aromatic carbocycles. The van der Waals surface area contributed by atoms with Crippen molar-refractivity contribution >= 4 is 28.4 Å². The number of rotatable bonds is 3. The fourth-order valence-corrected chi connectivity index (χ4v) is 3.61. The van der Waals surface area contributed by atoms with Crippen LogP contribution in [0.25, 0.3) is 10.9 Å². The van der Waals surface area contributed by atoms with Gasteiger partial charge in [-0.1, -0.05) is 18.2 Å². The Labute approximate surface area is 161 Å². The average molecular weight is 380 g/mol. The first kappa shape index (κ1) is 18.2. The Kier molecular flexibility index (Phi) is 4.83. The van der Waals surface area contributed by atoms with Crippen molar-refractivity contribution in [2.75, 3.05) is 25.0 Å². The van der Waals surface area contributed by atoms with Gasteiger partial charge >= 0.3 is 0 Å².